The highest BCUT2D eigenvalue weighted by atomic mass is 79.9. The first-order chi connectivity index (χ1) is 15.0. The van der Waals surface area contributed by atoms with Gasteiger partial charge in [-0.25, -0.2) is 4.39 Å². The Kier molecular flexibility index (Phi) is 6.58. The van der Waals surface area contributed by atoms with Gasteiger partial charge in [0.25, 0.3) is 0 Å². The number of hydrogen-bond acceptors (Lipinski definition) is 5. The molecule has 0 spiro atoms. The van der Waals surface area contributed by atoms with Gasteiger partial charge in [-0.2, -0.15) is 4.98 Å². The topological polar surface area (TPSA) is 62.5 Å². The molecule has 2 heterocycles. The van der Waals surface area contributed by atoms with E-state index in [2.05, 4.69) is 31.0 Å². The maximum absolute atomic E-state index is 13.9. The van der Waals surface area contributed by atoms with Crippen LogP contribution in [0.15, 0.2) is 63.6 Å². The maximum Gasteiger partial charge on any atom is 0.246 e. The molecule has 0 aliphatic carbocycles. The Morgan fingerprint density at radius 2 is 1.90 bits per heavy atom. The minimum absolute atomic E-state index is 0.0477. The SMILES string of the molecule is CC(c1nc(-c2ccccc2)no1)N1CCN(C(=O)C=Cc2cc(Br)ccc2F)CC1. The fourth-order valence-electron chi connectivity index (χ4n) is 3.50. The quantitative estimate of drug-likeness (QED) is 0.496. The van der Waals surface area contributed by atoms with Gasteiger partial charge < -0.3 is 9.42 Å². The van der Waals surface area contributed by atoms with Gasteiger partial charge in [0, 0.05) is 47.9 Å². The van der Waals surface area contributed by atoms with E-state index in [0.29, 0.717) is 43.5 Å². The number of carbonyl (C=O) groups is 1. The van der Waals surface area contributed by atoms with Gasteiger partial charge in [0.2, 0.25) is 17.6 Å². The van der Waals surface area contributed by atoms with E-state index >= 15 is 0 Å². The minimum atomic E-state index is -0.361. The number of piperazine rings is 1. The van der Waals surface area contributed by atoms with Gasteiger partial charge in [-0.05, 0) is 31.2 Å². The van der Waals surface area contributed by atoms with Crippen LogP contribution in [0.5, 0.6) is 0 Å². The molecule has 0 bridgehead atoms. The lowest BCUT2D eigenvalue weighted by Gasteiger charge is -2.36. The average molecular weight is 485 g/mol. The highest BCUT2D eigenvalue weighted by Crippen LogP contribution is 2.23. The summed E-state index contributed by atoms with van der Waals surface area (Å²) in [5, 5.41) is 4.09. The zero-order valence-electron chi connectivity index (χ0n) is 17.0. The van der Waals surface area contributed by atoms with E-state index in [1.165, 1.54) is 18.2 Å². The van der Waals surface area contributed by atoms with E-state index in [9.17, 15) is 9.18 Å². The van der Waals surface area contributed by atoms with Gasteiger partial charge in [0.05, 0.1) is 6.04 Å². The van der Waals surface area contributed by atoms with E-state index in [-0.39, 0.29) is 17.8 Å². The summed E-state index contributed by atoms with van der Waals surface area (Å²) in [6.45, 7) is 4.56. The Bertz CT molecular complexity index is 1080. The zero-order valence-corrected chi connectivity index (χ0v) is 18.6. The molecule has 3 aromatic rings. The lowest BCUT2D eigenvalue weighted by Crippen LogP contribution is -2.48. The molecule has 8 heteroatoms. The van der Waals surface area contributed by atoms with Crippen molar-refractivity contribution in [3.05, 3.63) is 76.4 Å². The molecule has 0 N–H and O–H groups in total. The first-order valence-corrected chi connectivity index (χ1v) is 10.9. The second-order valence-corrected chi connectivity index (χ2v) is 8.27. The highest BCUT2D eigenvalue weighted by molar-refractivity contribution is 9.10. The molecular formula is C23H22BrFN4O2. The van der Waals surface area contributed by atoms with Crippen molar-refractivity contribution in [2.24, 2.45) is 0 Å². The Balaban J connectivity index is 1.34. The number of nitrogens with zero attached hydrogens (tertiary/aromatic N) is 4. The molecule has 4 rings (SSSR count). The molecule has 6 nitrogen and oxygen atoms in total. The van der Waals surface area contributed by atoms with Crippen molar-refractivity contribution < 1.29 is 13.7 Å². The van der Waals surface area contributed by atoms with Crippen LogP contribution in [0.1, 0.15) is 24.4 Å². The largest absolute Gasteiger partial charge is 0.337 e. The van der Waals surface area contributed by atoms with E-state index < -0.39 is 0 Å². The standard InChI is InChI=1S/C23H22BrFN4O2/c1-16(23-26-22(27-31-23)17-5-3-2-4-6-17)28-11-13-29(14-12-28)21(30)10-7-18-15-19(24)8-9-20(18)25/h2-10,15-16H,11-14H2,1H3. The van der Waals surface area contributed by atoms with Crippen LogP contribution in [0.3, 0.4) is 0 Å². The molecule has 31 heavy (non-hydrogen) atoms. The van der Waals surface area contributed by atoms with Gasteiger partial charge in [0.1, 0.15) is 5.82 Å². The van der Waals surface area contributed by atoms with Gasteiger partial charge in [-0.15, -0.1) is 0 Å². The number of hydrogen-bond donors (Lipinski definition) is 0. The molecule has 0 radical (unpaired) electrons. The maximum atomic E-state index is 13.9. The second-order valence-electron chi connectivity index (χ2n) is 7.36. The van der Waals surface area contributed by atoms with E-state index in [1.54, 1.807) is 17.0 Å². The Hall–Kier alpha value is -2.84. The molecule has 1 amide bonds. The third kappa shape index (κ3) is 5.08. The number of amides is 1. The number of rotatable bonds is 5. The summed E-state index contributed by atoms with van der Waals surface area (Å²) in [6.07, 6.45) is 2.94. The summed E-state index contributed by atoms with van der Waals surface area (Å²) in [5.41, 5.74) is 1.29. The monoisotopic (exact) mass is 484 g/mol. The summed E-state index contributed by atoms with van der Waals surface area (Å²) in [6, 6.07) is 14.3. The predicted molar refractivity (Wildman–Crippen MR) is 119 cm³/mol. The van der Waals surface area contributed by atoms with Crippen LogP contribution in [-0.4, -0.2) is 52.0 Å². The third-order valence-corrected chi connectivity index (χ3v) is 5.86. The summed E-state index contributed by atoms with van der Waals surface area (Å²) in [4.78, 5) is 21.0. The van der Waals surface area contributed by atoms with E-state index in [0.717, 1.165) is 10.0 Å². The van der Waals surface area contributed by atoms with Crippen molar-refractivity contribution in [2.45, 2.75) is 13.0 Å². The van der Waals surface area contributed by atoms with Crippen LogP contribution >= 0.6 is 15.9 Å². The number of aromatic nitrogens is 2. The Morgan fingerprint density at radius 1 is 1.16 bits per heavy atom. The summed E-state index contributed by atoms with van der Waals surface area (Å²) < 4.78 is 20.1. The lowest BCUT2D eigenvalue weighted by molar-refractivity contribution is -0.128. The van der Waals surface area contributed by atoms with Crippen LogP contribution < -0.4 is 0 Å². The van der Waals surface area contributed by atoms with E-state index in [1.807, 2.05) is 37.3 Å². The summed E-state index contributed by atoms with van der Waals surface area (Å²) in [5.74, 6) is 0.640. The average Bonchev–Trinajstić information content (AvgIpc) is 3.30. The molecule has 1 atom stereocenters. The van der Waals surface area contributed by atoms with Crippen molar-refractivity contribution in [3.63, 3.8) is 0 Å². The smallest absolute Gasteiger partial charge is 0.246 e. The summed E-state index contributed by atoms with van der Waals surface area (Å²) in [7, 11) is 0. The zero-order chi connectivity index (χ0) is 21.8. The van der Waals surface area contributed by atoms with Crippen LogP contribution in [0, 0.1) is 5.82 Å². The van der Waals surface area contributed by atoms with Crippen LogP contribution in [0.4, 0.5) is 4.39 Å². The van der Waals surface area contributed by atoms with Gasteiger partial charge >= 0.3 is 0 Å². The normalized spacial score (nSPS) is 16.0. The van der Waals surface area contributed by atoms with Gasteiger partial charge in [-0.3, -0.25) is 9.69 Å². The first kappa shape index (κ1) is 21.4. The predicted octanol–water partition coefficient (Wildman–Crippen LogP) is 4.56. The second kappa shape index (κ2) is 9.53. The van der Waals surface area contributed by atoms with Crippen molar-refractivity contribution in [1.82, 2.24) is 19.9 Å². The molecule has 1 unspecified atom stereocenters. The first-order valence-electron chi connectivity index (χ1n) is 10.1. The number of carbonyl (C=O) groups excluding carboxylic acids is 1. The van der Waals surface area contributed by atoms with Crippen molar-refractivity contribution in [1.29, 1.82) is 0 Å². The highest BCUT2D eigenvalue weighted by Gasteiger charge is 2.27. The number of halogens is 2. The molecule has 1 fully saturated rings. The molecule has 1 saturated heterocycles. The number of benzene rings is 2. The molecule has 160 valence electrons. The molecule has 1 aliphatic heterocycles. The van der Waals surface area contributed by atoms with Gasteiger partial charge in [0.15, 0.2) is 0 Å². The van der Waals surface area contributed by atoms with Crippen LogP contribution in [-0.2, 0) is 4.79 Å². The van der Waals surface area contributed by atoms with Crippen molar-refractivity contribution >= 4 is 27.9 Å². The molecule has 1 aromatic heterocycles. The fraction of sp³-hybridized carbons (Fsp3) is 0.261. The lowest BCUT2D eigenvalue weighted by atomic mass is 10.2. The molecular weight excluding hydrogens is 463 g/mol. The summed E-state index contributed by atoms with van der Waals surface area (Å²) >= 11 is 3.32. The van der Waals surface area contributed by atoms with Gasteiger partial charge in [-0.1, -0.05) is 51.4 Å². The van der Waals surface area contributed by atoms with Crippen molar-refractivity contribution in [2.75, 3.05) is 26.2 Å². The molecule has 0 saturated carbocycles. The van der Waals surface area contributed by atoms with Crippen LogP contribution in [0.2, 0.25) is 0 Å². The van der Waals surface area contributed by atoms with E-state index in [4.69, 9.17) is 4.52 Å². The molecule has 2 aromatic carbocycles. The minimum Gasteiger partial charge on any atom is -0.337 e. The third-order valence-electron chi connectivity index (χ3n) is 5.37. The Morgan fingerprint density at radius 3 is 2.65 bits per heavy atom. The molecule has 1 aliphatic rings. The van der Waals surface area contributed by atoms with Crippen molar-refractivity contribution in [3.8, 4) is 11.4 Å². The Labute approximate surface area is 188 Å². The fourth-order valence-corrected chi connectivity index (χ4v) is 3.88. The van der Waals surface area contributed by atoms with Crippen LogP contribution in [0.25, 0.3) is 17.5 Å².